The van der Waals surface area contributed by atoms with Gasteiger partial charge in [0.1, 0.15) is 5.82 Å². The van der Waals surface area contributed by atoms with Crippen molar-refractivity contribution in [3.05, 3.63) is 64.8 Å². The number of aromatic amines is 1. The molecule has 0 aliphatic carbocycles. The Morgan fingerprint density at radius 3 is 2.80 bits per heavy atom. The molecule has 2 aromatic heterocycles. The molecule has 2 N–H and O–H groups in total. The van der Waals surface area contributed by atoms with Gasteiger partial charge in [-0.2, -0.15) is 4.98 Å². The van der Waals surface area contributed by atoms with Crippen molar-refractivity contribution in [2.45, 2.75) is 6.54 Å². The summed E-state index contributed by atoms with van der Waals surface area (Å²) in [5.74, 6) is 0.0431. The number of rotatable bonds is 5. The molecule has 0 saturated heterocycles. The zero-order valence-corrected chi connectivity index (χ0v) is 13.1. The quantitative estimate of drug-likeness (QED) is 0.583. The first-order chi connectivity index (χ1) is 12.2. The van der Waals surface area contributed by atoms with Crippen LogP contribution in [0, 0.1) is 5.82 Å². The highest BCUT2D eigenvalue weighted by Gasteiger charge is 2.09. The number of imidazole rings is 1. The van der Waals surface area contributed by atoms with Crippen LogP contribution < -0.4 is 11.0 Å². The SMILES string of the molecule is O=c1[nH]c2ccccc2n1CCNc1nc(-c2ccc(F)cc2)no1. The summed E-state index contributed by atoms with van der Waals surface area (Å²) >= 11 is 0. The lowest BCUT2D eigenvalue weighted by molar-refractivity contribution is 0.431. The second kappa shape index (κ2) is 6.23. The number of nitrogens with one attached hydrogen (secondary N) is 2. The highest BCUT2D eigenvalue weighted by molar-refractivity contribution is 5.74. The Labute approximate surface area is 141 Å². The molecular weight excluding hydrogens is 325 g/mol. The molecule has 2 aromatic carbocycles. The Bertz CT molecular complexity index is 1060. The monoisotopic (exact) mass is 339 g/mol. The van der Waals surface area contributed by atoms with Crippen molar-refractivity contribution in [2.75, 3.05) is 11.9 Å². The van der Waals surface area contributed by atoms with Gasteiger partial charge in [0.25, 0.3) is 0 Å². The van der Waals surface area contributed by atoms with E-state index in [2.05, 4.69) is 20.4 Å². The van der Waals surface area contributed by atoms with Gasteiger partial charge in [-0.1, -0.05) is 17.3 Å². The van der Waals surface area contributed by atoms with Crippen molar-refractivity contribution in [3.63, 3.8) is 0 Å². The minimum atomic E-state index is -0.324. The van der Waals surface area contributed by atoms with Crippen molar-refractivity contribution in [1.82, 2.24) is 19.7 Å². The molecule has 4 rings (SSSR count). The van der Waals surface area contributed by atoms with E-state index in [0.29, 0.717) is 24.5 Å². The topological polar surface area (TPSA) is 88.7 Å². The lowest BCUT2D eigenvalue weighted by Gasteiger charge is -2.03. The van der Waals surface area contributed by atoms with Crippen LogP contribution in [0.25, 0.3) is 22.4 Å². The fraction of sp³-hybridized carbons (Fsp3) is 0.118. The average molecular weight is 339 g/mol. The molecular formula is C17H14FN5O2. The second-order valence-electron chi connectivity index (χ2n) is 5.46. The van der Waals surface area contributed by atoms with Gasteiger partial charge in [0, 0.05) is 18.7 Å². The van der Waals surface area contributed by atoms with Crippen LogP contribution in [-0.4, -0.2) is 26.2 Å². The number of fused-ring (bicyclic) bond motifs is 1. The van der Waals surface area contributed by atoms with E-state index in [9.17, 15) is 9.18 Å². The smallest absolute Gasteiger partial charge is 0.326 e. The molecule has 0 saturated carbocycles. The molecule has 4 aromatic rings. The third-order valence-electron chi connectivity index (χ3n) is 3.82. The Morgan fingerprint density at radius 1 is 1.16 bits per heavy atom. The van der Waals surface area contributed by atoms with Gasteiger partial charge in [0.2, 0.25) is 5.82 Å². The van der Waals surface area contributed by atoms with Gasteiger partial charge in [-0.3, -0.25) is 4.57 Å². The van der Waals surface area contributed by atoms with E-state index >= 15 is 0 Å². The van der Waals surface area contributed by atoms with E-state index in [1.54, 1.807) is 16.7 Å². The van der Waals surface area contributed by atoms with E-state index in [-0.39, 0.29) is 17.5 Å². The Morgan fingerprint density at radius 2 is 1.96 bits per heavy atom. The van der Waals surface area contributed by atoms with Gasteiger partial charge in [-0.25, -0.2) is 9.18 Å². The average Bonchev–Trinajstić information content (AvgIpc) is 3.21. The molecule has 0 spiro atoms. The number of hydrogen-bond donors (Lipinski definition) is 2. The summed E-state index contributed by atoms with van der Waals surface area (Å²) in [6.07, 6.45) is 0. The number of hydrogen-bond acceptors (Lipinski definition) is 5. The summed E-state index contributed by atoms with van der Waals surface area (Å²) in [7, 11) is 0. The van der Waals surface area contributed by atoms with Crippen LogP contribution in [0.4, 0.5) is 10.4 Å². The van der Waals surface area contributed by atoms with Crippen molar-refractivity contribution in [2.24, 2.45) is 0 Å². The lowest BCUT2D eigenvalue weighted by atomic mass is 10.2. The van der Waals surface area contributed by atoms with Gasteiger partial charge in [-0.05, 0) is 36.4 Å². The zero-order valence-electron chi connectivity index (χ0n) is 13.1. The highest BCUT2D eigenvalue weighted by atomic mass is 19.1. The fourth-order valence-electron chi connectivity index (χ4n) is 2.61. The predicted molar refractivity (Wildman–Crippen MR) is 90.7 cm³/mol. The van der Waals surface area contributed by atoms with Gasteiger partial charge < -0.3 is 14.8 Å². The number of anilines is 1. The second-order valence-corrected chi connectivity index (χ2v) is 5.46. The molecule has 7 nitrogen and oxygen atoms in total. The van der Waals surface area contributed by atoms with Crippen LogP contribution in [0.3, 0.4) is 0 Å². The van der Waals surface area contributed by atoms with E-state index in [1.165, 1.54) is 12.1 Å². The highest BCUT2D eigenvalue weighted by Crippen LogP contribution is 2.17. The maximum absolute atomic E-state index is 12.9. The Kier molecular flexibility index (Phi) is 3.77. The standard InChI is InChI=1S/C17H14FN5O2/c18-12-7-5-11(6-8-12)15-21-16(25-22-15)19-9-10-23-14-4-2-1-3-13(14)20-17(23)24/h1-8H,9-10H2,(H,20,24)(H,19,21,22). The summed E-state index contributed by atoms with van der Waals surface area (Å²) in [5, 5.41) is 6.84. The number of halogens is 1. The van der Waals surface area contributed by atoms with E-state index in [0.717, 1.165) is 11.0 Å². The molecule has 0 unspecified atom stereocenters. The molecule has 0 amide bonds. The number of aromatic nitrogens is 4. The number of nitrogens with zero attached hydrogens (tertiary/aromatic N) is 3. The van der Waals surface area contributed by atoms with Crippen LogP contribution in [0.1, 0.15) is 0 Å². The van der Waals surface area contributed by atoms with Crippen LogP contribution >= 0.6 is 0 Å². The summed E-state index contributed by atoms with van der Waals surface area (Å²) < 4.78 is 19.7. The molecule has 0 bridgehead atoms. The summed E-state index contributed by atoms with van der Waals surface area (Å²) in [5.41, 5.74) is 2.13. The fourth-order valence-corrected chi connectivity index (χ4v) is 2.61. The molecule has 0 aliphatic rings. The molecule has 8 heteroatoms. The molecule has 0 atom stereocenters. The first kappa shape index (κ1) is 15.1. The Balaban J connectivity index is 1.44. The third-order valence-corrected chi connectivity index (χ3v) is 3.82. The maximum atomic E-state index is 12.9. The number of H-pyrrole nitrogens is 1. The first-order valence-corrected chi connectivity index (χ1v) is 7.72. The van der Waals surface area contributed by atoms with Gasteiger partial charge in [0.05, 0.1) is 11.0 Å². The lowest BCUT2D eigenvalue weighted by Crippen LogP contribution is -2.21. The number of para-hydroxylation sites is 2. The minimum Gasteiger partial charge on any atom is -0.336 e. The van der Waals surface area contributed by atoms with Gasteiger partial charge in [-0.15, -0.1) is 0 Å². The maximum Gasteiger partial charge on any atom is 0.326 e. The molecule has 25 heavy (non-hydrogen) atoms. The normalized spacial score (nSPS) is 11.1. The summed E-state index contributed by atoms with van der Waals surface area (Å²) in [4.78, 5) is 19.0. The van der Waals surface area contributed by atoms with Gasteiger partial charge >= 0.3 is 11.7 Å². The molecule has 0 radical (unpaired) electrons. The Hall–Kier alpha value is -3.42. The van der Waals surface area contributed by atoms with Crippen molar-refractivity contribution < 1.29 is 8.91 Å². The van der Waals surface area contributed by atoms with Crippen LogP contribution in [0.5, 0.6) is 0 Å². The van der Waals surface area contributed by atoms with Crippen molar-refractivity contribution in [3.8, 4) is 11.4 Å². The minimum absolute atomic E-state index is 0.166. The van der Waals surface area contributed by atoms with Gasteiger partial charge in [0.15, 0.2) is 0 Å². The van der Waals surface area contributed by atoms with E-state index in [1.807, 2.05) is 24.3 Å². The molecule has 126 valence electrons. The summed E-state index contributed by atoms with van der Waals surface area (Å²) in [6.45, 7) is 0.879. The molecule has 0 aliphatic heterocycles. The first-order valence-electron chi connectivity index (χ1n) is 7.72. The third kappa shape index (κ3) is 3.01. The van der Waals surface area contributed by atoms with Crippen LogP contribution in [0.2, 0.25) is 0 Å². The zero-order chi connectivity index (χ0) is 17.2. The summed E-state index contributed by atoms with van der Waals surface area (Å²) in [6, 6.07) is 13.6. The number of benzene rings is 2. The largest absolute Gasteiger partial charge is 0.336 e. The van der Waals surface area contributed by atoms with Crippen molar-refractivity contribution in [1.29, 1.82) is 0 Å². The van der Waals surface area contributed by atoms with E-state index in [4.69, 9.17) is 4.52 Å². The van der Waals surface area contributed by atoms with Crippen molar-refractivity contribution >= 4 is 17.0 Å². The predicted octanol–water partition coefficient (Wildman–Crippen LogP) is 2.63. The van der Waals surface area contributed by atoms with E-state index < -0.39 is 0 Å². The van der Waals surface area contributed by atoms with Crippen LogP contribution in [0.15, 0.2) is 57.8 Å². The molecule has 0 fully saturated rings. The van der Waals surface area contributed by atoms with Crippen LogP contribution in [-0.2, 0) is 6.54 Å². The molecule has 2 heterocycles.